The number of nitrogens with zero attached hydrogens (tertiary/aromatic N) is 1. The van der Waals surface area contributed by atoms with Gasteiger partial charge in [0.1, 0.15) is 11.3 Å². The minimum absolute atomic E-state index is 0.153. The zero-order valence-corrected chi connectivity index (χ0v) is 18.0. The molecule has 2 aromatic carbocycles. The van der Waals surface area contributed by atoms with Crippen LogP contribution in [0.3, 0.4) is 0 Å². The summed E-state index contributed by atoms with van der Waals surface area (Å²) in [5.41, 5.74) is 8.48. The molecule has 4 rings (SSSR count). The lowest BCUT2D eigenvalue weighted by Crippen LogP contribution is -2.34. The second-order valence-corrected chi connectivity index (χ2v) is 8.38. The van der Waals surface area contributed by atoms with Crippen molar-refractivity contribution in [2.45, 2.75) is 32.1 Å². The van der Waals surface area contributed by atoms with Crippen LogP contribution in [0.5, 0.6) is 5.75 Å². The number of furan rings is 1. The molecule has 158 valence electrons. The van der Waals surface area contributed by atoms with Crippen molar-refractivity contribution in [1.82, 2.24) is 4.90 Å². The third-order valence-electron chi connectivity index (χ3n) is 5.88. The van der Waals surface area contributed by atoms with Gasteiger partial charge in [-0.25, -0.2) is 0 Å². The fourth-order valence-corrected chi connectivity index (χ4v) is 4.28. The highest BCUT2D eigenvalue weighted by Crippen LogP contribution is 2.31. The van der Waals surface area contributed by atoms with E-state index in [1.165, 1.54) is 18.4 Å². The number of fused-ring (bicyclic) bond motifs is 1. The molecule has 1 amide bonds. The van der Waals surface area contributed by atoms with Crippen molar-refractivity contribution in [1.29, 1.82) is 0 Å². The maximum absolute atomic E-state index is 11.3. The number of nitrogens with two attached hydrogens (primary N) is 1. The van der Waals surface area contributed by atoms with E-state index in [1.807, 2.05) is 18.2 Å². The molecule has 1 aliphatic heterocycles. The molecule has 30 heavy (non-hydrogen) atoms. The van der Waals surface area contributed by atoms with Crippen LogP contribution >= 0.6 is 11.6 Å². The maximum Gasteiger partial charge on any atom is 0.284 e. The normalized spacial score (nSPS) is 15.5. The number of carbonyl (C=O) groups excluding carboxylic acids is 1. The minimum Gasteiger partial charge on any atom is -0.493 e. The van der Waals surface area contributed by atoms with E-state index in [2.05, 4.69) is 24.0 Å². The molecule has 0 saturated carbocycles. The van der Waals surface area contributed by atoms with Crippen LogP contribution in [0.1, 0.15) is 46.9 Å². The Morgan fingerprint density at radius 2 is 2.03 bits per heavy atom. The van der Waals surface area contributed by atoms with E-state index in [0.29, 0.717) is 18.1 Å². The lowest BCUT2D eigenvalue weighted by atomic mass is 9.88. The van der Waals surface area contributed by atoms with Crippen LogP contribution in [0.2, 0.25) is 5.02 Å². The Morgan fingerprint density at radius 3 is 2.77 bits per heavy atom. The van der Waals surface area contributed by atoms with Crippen LogP contribution in [0.15, 0.2) is 46.9 Å². The molecule has 3 aromatic rings. The molecular weight excluding hydrogens is 400 g/mol. The van der Waals surface area contributed by atoms with E-state index in [0.717, 1.165) is 47.8 Å². The molecule has 0 unspecified atom stereocenters. The summed E-state index contributed by atoms with van der Waals surface area (Å²) in [4.78, 5) is 13.8. The molecule has 6 heteroatoms. The Hall–Kier alpha value is -2.50. The molecule has 0 atom stereocenters. The van der Waals surface area contributed by atoms with Gasteiger partial charge in [0, 0.05) is 17.6 Å². The fraction of sp³-hybridized carbons (Fsp3) is 0.375. The van der Waals surface area contributed by atoms with Crippen molar-refractivity contribution >= 4 is 28.5 Å². The molecule has 2 N–H and O–H groups in total. The molecule has 5 nitrogen and oxygen atoms in total. The highest BCUT2D eigenvalue weighted by atomic mass is 35.5. The molecule has 1 aromatic heterocycles. The number of halogens is 1. The topological polar surface area (TPSA) is 68.7 Å². The number of amides is 1. The molecule has 0 bridgehead atoms. The molecular formula is C24H27ClN2O3. The zero-order valence-electron chi connectivity index (χ0n) is 17.2. The third kappa shape index (κ3) is 4.63. The molecule has 1 fully saturated rings. The van der Waals surface area contributed by atoms with E-state index in [-0.39, 0.29) is 5.76 Å². The molecule has 0 aliphatic carbocycles. The van der Waals surface area contributed by atoms with Gasteiger partial charge >= 0.3 is 0 Å². The van der Waals surface area contributed by atoms with Gasteiger partial charge in [0.2, 0.25) is 0 Å². The molecule has 1 saturated heterocycles. The first-order valence-electron chi connectivity index (χ1n) is 10.4. The summed E-state index contributed by atoms with van der Waals surface area (Å²) in [6.45, 7) is 5.91. The Kier molecular flexibility index (Phi) is 6.30. The summed E-state index contributed by atoms with van der Waals surface area (Å²) in [5.74, 6) is 0.918. The lowest BCUT2D eigenvalue weighted by Gasteiger charge is -2.32. The number of hydrogen-bond acceptors (Lipinski definition) is 4. The first-order valence-corrected chi connectivity index (χ1v) is 10.8. The number of likely N-dealkylation sites (tertiary alicyclic amines) is 1. The van der Waals surface area contributed by atoms with Crippen LogP contribution in [0.4, 0.5) is 0 Å². The Labute approximate surface area is 181 Å². The quantitative estimate of drug-likeness (QED) is 0.531. The van der Waals surface area contributed by atoms with Crippen molar-refractivity contribution < 1.29 is 13.9 Å². The third-order valence-corrected chi connectivity index (χ3v) is 6.31. The number of carbonyl (C=O) groups is 1. The number of hydrogen-bond donors (Lipinski definition) is 1. The number of ether oxygens (including phenoxy) is 1. The summed E-state index contributed by atoms with van der Waals surface area (Å²) in [7, 11) is 0. The standard InChI is InChI=1S/C24H27ClN2O3/c1-16-14-18(6-7-20(16)25)17-8-11-27(12-9-17)10-3-13-29-21-4-2-5-22-19(21)15-23(30-22)24(26)28/h2,4-7,14-15,17H,3,8-13H2,1H3,(H2,26,28). The molecule has 2 heterocycles. The van der Waals surface area contributed by atoms with Crippen LogP contribution in [-0.4, -0.2) is 37.0 Å². The Balaban J connectivity index is 1.24. The summed E-state index contributed by atoms with van der Waals surface area (Å²) in [6, 6.07) is 13.6. The highest BCUT2D eigenvalue weighted by Gasteiger charge is 2.20. The number of rotatable bonds is 7. The number of benzene rings is 2. The molecule has 1 aliphatic rings. The first-order chi connectivity index (χ1) is 14.5. The zero-order chi connectivity index (χ0) is 21.1. The maximum atomic E-state index is 11.3. The van der Waals surface area contributed by atoms with Gasteiger partial charge in [-0.2, -0.15) is 0 Å². The van der Waals surface area contributed by atoms with Gasteiger partial charge in [0.15, 0.2) is 5.76 Å². The summed E-state index contributed by atoms with van der Waals surface area (Å²) >= 11 is 6.16. The van der Waals surface area contributed by atoms with Gasteiger partial charge in [-0.3, -0.25) is 4.79 Å². The molecule has 0 radical (unpaired) electrons. The van der Waals surface area contributed by atoms with Crippen molar-refractivity contribution in [2.24, 2.45) is 5.73 Å². The van der Waals surface area contributed by atoms with Crippen LogP contribution in [0.25, 0.3) is 11.0 Å². The van der Waals surface area contributed by atoms with E-state index in [1.54, 1.807) is 12.1 Å². The van der Waals surface area contributed by atoms with Crippen LogP contribution in [0, 0.1) is 6.92 Å². The number of piperidine rings is 1. The van der Waals surface area contributed by atoms with Gasteiger partial charge in [0.05, 0.1) is 12.0 Å². The van der Waals surface area contributed by atoms with Crippen molar-refractivity contribution in [2.75, 3.05) is 26.2 Å². The van der Waals surface area contributed by atoms with E-state index < -0.39 is 5.91 Å². The summed E-state index contributed by atoms with van der Waals surface area (Å²) in [6.07, 6.45) is 3.29. The van der Waals surface area contributed by atoms with Gasteiger partial charge in [0.25, 0.3) is 5.91 Å². The van der Waals surface area contributed by atoms with Crippen molar-refractivity contribution in [3.63, 3.8) is 0 Å². The smallest absolute Gasteiger partial charge is 0.284 e. The lowest BCUT2D eigenvalue weighted by molar-refractivity contribution is 0.0976. The van der Waals surface area contributed by atoms with Crippen molar-refractivity contribution in [3.8, 4) is 5.75 Å². The van der Waals surface area contributed by atoms with Gasteiger partial charge < -0.3 is 19.8 Å². The average molecular weight is 427 g/mol. The first kappa shape index (κ1) is 20.8. The van der Waals surface area contributed by atoms with Gasteiger partial charge in [-0.1, -0.05) is 29.8 Å². The predicted molar refractivity (Wildman–Crippen MR) is 119 cm³/mol. The van der Waals surface area contributed by atoms with Gasteiger partial charge in [-0.05, 0) is 74.5 Å². The van der Waals surface area contributed by atoms with Gasteiger partial charge in [-0.15, -0.1) is 0 Å². The number of primary amides is 1. The highest BCUT2D eigenvalue weighted by molar-refractivity contribution is 6.31. The predicted octanol–water partition coefficient (Wildman–Crippen LogP) is 5.14. The van der Waals surface area contributed by atoms with Crippen molar-refractivity contribution in [3.05, 3.63) is 64.4 Å². The van der Waals surface area contributed by atoms with E-state index >= 15 is 0 Å². The largest absolute Gasteiger partial charge is 0.493 e. The Bertz CT molecular complexity index is 1040. The second kappa shape index (κ2) is 9.11. The monoisotopic (exact) mass is 426 g/mol. The molecule has 0 spiro atoms. The minimum atomic E-state index is -0.575. The fourth-order valence-electron chi connectivity index (χ4n) is 4.16. The van der Waals surface area contributed by atoms with Crippen LogP contribution < -0.4 is 10.5 Å². The summed E-state index contributed by atoms with van der Waals surface area (Å²) in [5, 5.41) is 1.62. The number of aryl methyl sites for hydroxylation is 1. The second-order valence-electron chi connectivity index (χ2n) is 7.97. The van der Waals surface area contributed by atoms with E-state index in [4.69, 9.17) is 26.5 Å². The SMILES string of the molecule is Cc1cc(C2CCN(CCCOc3cccc4oc(C(N)=O)cc34)CC2)ccc1Cl. The van der Waals surface area contributed by atoms with Crippen LogP contribution in [-0.2, 0) is 0 Å². The summed E-state index contributed by atoms with van der Waals surface area (Å²) < 4.78 is 11.4. The Morgan fingerprint density at radius 1 is 1.23 bits per heavy atom. The van der Waals surface area contributed by atoms with E-state index in [9.17, 15) is 4.79 Å². The average Bonchev–Trinajstić information content (AvgIpc) is 3.19.